The maximum absolute atomic E-state index is 13.3. The number of Topliss-reactive ketones (excluding diaryl/α,β-unsaturated/α-hetero) is 1. The van der Waals surface area contributed by atoms with Crippen LogP contribution in [0.2, 0.25) is 0 Å². The van der Waals surface area contributed by atoms with Crippen molar-refractivity contribution in [3.05, 3.63) is 41.5 Å². The minimum atomic E-state index is -3.89. The number of methoxy groups -OCH3 is 4. The maximum atomic E-state index is 13.3. The van der Waals surface area contributed by atoms with Crippen molar-refractivity contribution in [1.82, 2.24) is 0 Å². The highest BCUT2D eigenvalue weighted by Crippen LogP contribution is 2.39. The Morgan fingerprint density at radius 3 is 1.84 bits per heavy atom. The average Bonchev–Trinajstić information content (AvgIpc) is 2.96. The molecule has 0 radical (unpaired) electrons. The van der Waals surface area contributed by atoms with Gasteiger partial charge in [0.1, 0.15) is 0 Å². The van der Waals surface area contributed by atoms with Crippen LogP contribution in [0.4, 0.5) is 0 Å². The van der Waals surface area contributed by atoms with Crippen LogP contribution >= 0.6 is 0 Å². The molecule has 1 atom stereocenters. The molecule has 0 heterocycles. The van der Waals surface area contributed by atoms with Gasteiger partial charge in [-0.25, -0.2) is 4.18 Å². The molecule has 0 saturated carbocycles. The summed E-state index contributed by atoms with van der Waals surface area (Å²) in [6.45, 7) is 2.37. The van der Waals surface area contributed by atoms with Crippen LogP contribution in [0.25, 0.3) is 0 Å². The smallest absolute Gasteiger partial charge is 0.270 e. The van der Waals surface area contributed by atoms with E-state index >= 15 is 0 Å². The van der Waals surface area contributed by atoms with E-state index in [2.05, 4.69) is 0 Å². The van der Waals surface area contributed by atoms with Gasteiger partial charge in [-0.1, -0.05) is 19.9 Å². The quantitative estimate of drug-likeness (QED) is 0.0952. The number of rotatable bonds is 20. The molecule has 0 aliphatic heterocycles. The SMILES string of the molecule is CCCS(=O)(=O)OCOc1ccc(C(COS(=O)(=O)CCC)C(=N)CC(=O)c2cc(OC)c(OC)c(OC)c2)cc1OC. The largest absolute Gasteiger partial charge is 0.493 e. The van der Waals surface area contributed by atoms with E-state index in [1.807, 2.05) is 0 Å². The Bertz CT molecular complexity index is 1450. The molecule has 0 aromatic heterocycles. The summed E-state index contributed by atoms with van der Waals surface area (Å²) >= 11 is 0. The molecule has 15 heteroatoms. The zero-order chi connectivity index (χ0) is 32.2. The van der Waals surface area contributed by atoms with Crippen LogP contribution in [0.3, 0.4) is 0 Å². The Balaban J connectivity index is 2.38. The Hall–Kier alpha value is -3.40. The summed E-state index contributed by atoms with van der Waals surface area (Å²) in [5.41, 5.74) is 0.463. The Kier molecular flexibility index (Phi) is 13.7. The fraction of sp³-hybridized carbons (Fsp3) is 0.500. The number of hydrogen-bond donors (Lipinski definition) is 1. The number of benzene rings is 2. The van der Waals surface area contributed by atoms with Crippen molar-refractivity contribution < 1.29 is 53.7 Å². The normalized spacial score (nSPS) is 12.3. The topological polar surface area (TPSA) is 174 Å². The zero-order valence-electron chi connectivity index (χ0n) is 25.1. The molecule has 43 heavy (non-hydrogen) atoms. The lowest BCUT2D eigenvalue weighted by Crippen LogP contribution is -2.23. The predicted octanol–water partition coefficient (Wildman–Crippen LogP) is 3.95. The van der Waals surface area contributed by atoms with E-state index in [0.717, 1.165) is 0 Å². The molecule has 0 spiro atoms. The highest BCUT2D eigenvalue weighted by atomic mass is 32.2. The molecule has 0 bridgehead atoms. The summed E-state index contributed by atoms with van der Waals surface area (Å²) in [6, 6.07) is 7.43. The molecule has 2 rings (SSSR count). The third-order valence-corrected chi connectivity index (χ3v) is 8.88. The van der Waals surface area contributed by atoms with Crippen LogP contribution in [0, 0.1) is 5.41 Å². The van der Waals surface area contributed by atoms with Crippen LogP contribution in [-0.4, -0.2) is 81.7 Å². The average molecular weight is 646 g/mol. The number of carbonyl (C=O) groups is 1. The van der Waals surface area contributed by atoms with Crippen LogP contribution in [0.1, 0.15) is 54.9 Å². The van der Waals surface area contributed by atoms with Gasteiger partial charge in [0.25, 0.3) is 20.2 Å². The number of ether oxygens (including phenoxy) is 5. The van der Waals surface area contributed by atoms with E-state index in [4.69, 9.17) is 37.5 Å². The van der Waals surface area contributed by atoms with Gasteiger partial charge < -0.3 is 29.1 Å². The van der Waals surface area contributed by atoms with Crippen molar-refractivity contribution in [3.63, 3.8) is 0 Å². The molecule has 1 N–H and O–H groups in total. The second-order valence-electron chi connectivity index (χ2n) is 9.19. The molecule has 1 unspecified atom stereocenters. The molecular weight excluding hydrogens is 606 g/mol. The fourth-order valence-electron chi connectivity index (χ4n) is 4.01. The van der Waals surface area contributed by atoms with E-state index < -0.39 is 45.3 Å². The first-order valence-electron chi connectivity index (χ1n) is 13.3. The molecule has 0 aliphatic rings. The van der Waals surface area contributed by atoms with Crippen molar-refractivity contribution in [2.24, 2.45) is 0 Å². The van der Waals surface area contributed by atoms with Crippen LogP contribution < -0.4 is 23.7 Å². The molecule has 13 nitrogen and oxygen atoms in total. The Labute approximate surface area is 253 Å². The minimum absolute atomic E-state index is 0.129. The first-order valence-corrected chi connectivity index (χ1v) is 16.5. The van der Waals surface area contributed by atoms with Gasteiger partial charge in [-0.2, -0.15) is 16.8 Å². The molecular formula is C28H39NO12S2. The number of carbonyl (C=O) groups excluding carboxylic acids is 1. The van der Waals surface area contributed by atoms with Crippen LogP contribution in [0.5, 0.6) is 28.7 Å². The van der Waals surface area contributed by atoms with E-state index in [1.54, 1.807) is 13.8 Å². The Morgan fingerprint density at radius 2 is 1.33 bits per heavy atom. The molecule has 0 saturated heterocycles. The highest BCUT2D eigenvalue weighted by molar-refractivity contribution is 7.86. The van der Waals surface area contributed by atoms with Crippen LogP contribution in [-0.2, 0) is 28.6 Å². The lowest BCUT2D eigenvalue weighted by molar-refractivity contribution is 0.0998. The zero-order valence-corrected chi connectivity index (χ0v) is 26.8. The van der Waals surface area contributed by atoms with Gasteiger partial charge in [0.05, 0.1) is 46.6 Å². The predicted molar refractivity (Wildman–Crippen MR) is 159 cm³/mol. The monoisotopic (exact) mass is 645 g/mol. The van der Waals surface area contributed by atoms with Gasteiger partial charge in [-0.15, -0.1) is 0 Å². The first kappa shape index (κ1) is 35.8. The van der Waals surface area contributed by atoms with Crippen LogP contribution in [0.15, 0.2) is 30.3 Å². The molecule has 2 aromatic rings. The third kappa shape index (κ3) is 10.4. The molecule has 0 aliphatic carbocycles. The summed E-state index contributed by atoms with van der Waals surface area (Å²) < 4.78 is 85.2. The van der Waals surface area contributed by atoms with Crippen molar-refractivity contribution >= 4 is 31.7 Å². The van der Waals surface area contributed by atoms with Gasteiger partial charge in [0.2, 0.25) is 12.5 Å². The lowest BCUT2D eigenvalue weighted by atomic mass is 9.90. The maximum Gasteiger partial charge on any atom is 0.270 e. The summed E-state index contributed by atoms with van der Waals surface area (Å²) in [5, 5.41) is 8.81. The second kappa shape index (κ2) is 16.4. The lowest BCUT2D eigenvalue weighted by Gasteiger charge is -2.20. The number of nitrogens with one attached hydrogen (secondary N) is 1. The summed E-state index contributed by atoms with van der Waals surface area (Å²) in [4.78, 5) is 13.3. The second-order valence-corrected chi connectivity index (χ2v) is 12.7. The molecule has 0 fully saturated rings. The number of hydrogen-bond acceptors (Lipinski definition) is 13. The fourth-order valence-corrected chi connectivity index (χ4v) is 5.78. The van der Waals surface area contributed by atoms with Gasteiger partial charge in [-0.3, -0.25) is 8.98 Å². The standard InChI is InChI=1S/C28H39NO12S2/c1-7-11-42(31,32)40-17-21(19-9-10-24(25(13-19)35-3)39-18-41-43(33,34)12-8-2)22(29)16-23(30)20-14-26(36-4)28(38-6)27(15-20)37-5/h9-10,13-15,21,29H,7-8,11-12,16-18H2,1-6H3. The van der Waals surface area contributed by atoms with Crippen molar-refractivity contribution in [2.45, 2.75) is 39.0 Å². The van der Waals surface area contributed by atoms with E-state index in [9.17, 15) is 21.6 Å². The third-order valence-electron chi connectivity index (χ3n) is 6.11. The molecule has 2 aromatic carbocycles. The van der Waals surface area contributed by atoms with E-state index in [0.29, 0.717) is 24.2 Å². The highest BCUT2D eigenvalue weighted by Gasteiger charge is 2.26. The van der Waals surface area contributed by atoms with Crippen molar-refractivity contribution in [3.8, 4) is 28.7 Å². The van der Waals surface area contributed by atoms with Crippen molar-refractivity contribution in [2.75, 3.05) is 53.3 Å². The molecule has 0 amide bonds. The van der Waals surface area contributed by atoms with Crippen molar-refractivity contribution in [1.29, 1.82) is 5.41 Å². The van der Waals surface area contributed by atoms with E-state index in [-0.39, 0.29) is 52.2 Å². The van der Waals surface area contributed by atoms with Gasteiger partial charge in [0.15, 0.2) is 28.8 Å². The summed E-state index contributed by atoms with van der Waals surface area (Å²) in [5.74, 6) is -0.671. The van der Waals surface area contributed by atoms with Gasteiger partial charge in [-0.05, 0) is 42.7 Å². The Morgan fingerprint density at radius 1 is 0.767 bits per heavy atom. The van der Waals surface area contributed by atoms with E-state index in [1.165, 1.54) is 58.8 Å². The minimum Gasteiger partial charge on any atom is -0.493 e. The summed E-state index contributed by atoms with van der Waals surface area (Å²) in [6.07, 6.45) is 0.329. The summed E-state index contributed by atoms with van der Waals surface area (Å²) in [7, 11) is -2.02. The first-order chi connectivity index (χ1) is 20.3. The van der Waals surface area contributed by atoms with Gasteiger partial charge >= 0.3 is 0 Å². The molecule has 240 valence electrons. The number of ketones is 1. The van der Waals surface area contributed by atoms with Gasteiger partial charge in [0, 0.05) is 23.6 Å².